The maximum Gasteiger partial charge on any atom is 0.208 e. The minimum Gasteiger partial charge on any atom is -0.508 e. The highest BCUT2D eigenvalue weighted by Crippen LogP contribution is 2.24. The van der Waals surface area contributed by atoms with Crippen LogP contribution < -0.4 is 10.0 Å². The van der Waals surface area contributed by atoms with E-state index in [-0.39, 0.29) is 5.75 Å². The van der Waals surface area contributed by atoms with Crippen LogP contribution in [0, 0.1) is 0 Å². The standard InChI is InChI=1S/C13H17N3O3S/c1-20(18,19)16-7-2-6-14-13-12-9-11(17)4-3-10(12)5-8-15-13/h3-5,8-9,16-17H,2,6-7H2,1H3,(H,14,15). The van der Waals surface area contributed by atoms with Gasteiger partial charge in [-0.2, -0.15) is 0 Å². The van der Waals surface area contributed by atoms with Crippen LogP contribution in [0.5, 0.6) is 5.75 Å². The summed E-state index contributed by atoms with van der Waals surface area (Å²) in [5.74, 6) is 0.866. The normalized spacial score (nSPS) is 11.7. The molecule has 0 fully saturated rings. The number of rotatable bonds is 6. The molecule has 0 aliphatic carbocycles. The molecule has 6 nitrogen and oxygen atoms in total. The first-order valence-corrected chi connectivity index (χ1v) is 8.11. The molecule has 0 saturated carbocycles. The van der Waals surface area contributed by atoms with E-state index in [0.717, 1.165) is 17.0 Å². The van der Waals surface area contributed by atoms with Crippen LogP contribution in [0.4, 0.5) is 5.82 Å². The summed E-state index contributed by atoms with van der Waals surface area (Å²) in [6.07, 6.45) is 3.47. The van der Waals surface area contributed by atoms with E-state index in [0.29, 0.717) is 25.3 Å². The van der Waals surface area contributed by atoms with E-state index in [1.54, 1.807) is 18.3 Å². The highest BCUT2D eigenvalue weighted by Gasteiger charge is 2.03. The Balaban J connectivity index is 1.98. The summed E-state index contributed by atoms with van der Waals surface area (Å²) >= 11 is 0. The molecule has 7 heteroatoms. The predicted octanol–water partition coefficient (Wildman–Crippen LogP) is 1.29. The molecule has 1 aromatic carbocycles. The van der Waals surface area contributed by atoms with Gasteiger partial charge >= 0.3 is 0 Å². The second-order valence-electron chi connectivity index (χ2n) is 4.51. The van der Waals surface area contributed by atoms with Crippen molar-refractivity contribution < 1.29 is 13.5 Å². The number of hydrogen-bond acceptors (Lipinski definition) is 5. The first kappa shape index (κ1) is 14.5. The van der Waals surface area contributed by atoms with E-state index in [2.05, 4.69) is 15.0 Å². The lowest BCUT2D eigenvalue weighted by Gasteiger charge is -2.09. The number of anilines is 1. The second kappa shape index (κ2) is 6.06. The number of phenolic OH excluding ortho intramolecular Hbond substituents is 1. The SMILES string of the molecule is CS(=O)(=O)NCCCNc1nccc2ccc(O)cc12. The van der Waals surface area contributed by atoms with Crippen molar-refractivity contribution >= 4 is 26.6 Å². The maximum absolute atomic E-state index is 10.9. The molecular formula is C13H17N3O3S. The van der Waals surface area contributed by atoms with Crippen molar-refractivity contribution in [3.63, 3.8) is 0 Å². The molecular weight excluding hydrogens is 278 g/mol. The molecule has 0 saturated heterocycles. The predicted molar refractivity (Wildman–Crippen MR) is 79.4 cm³/mol. The van der Waals surface area contributed by atoms with Crippen LogP contribution >= 0.6 is 0 Å². The minimum atomic E-state index is -3.14. The zero-order chi connectivity index (χ0) is 14.6. The molecule has 108 valence electrons. The first-order valence-electron chi connectivity index (χ1n) is 6.22. The van der Waals surface area contributed by atoms with Crippen LogP contribution in [0.2, 0.25) is 0 Å². The van der Waals surface area contributed by atoms with Crippen molar-refractivity contribution in [1.82, 2.24) is 9.71 Å². The number of benzene rings is 1. The lowest BCUT2D eigenvalue weighted by Crippen LogP contribution is -2.24. The third-order valence-corrected chi connectivity index (χ3v) is 3.49. The molecule has 1 aromatic heterocycles. The van der Waals surface area contributed by atoms with Crippen LogP contribution in [0.1, 0.15) is 6.42 Å². The van der Waals surface area contributed by atoms with E-state index >= 15 is 0 Å². The van der Waals surface area contributed by atoms with Gasteiger partial charge in [-0.05, 0) is 30.0 Å². The summed E-state index contributed by atoms with van der Waals surface area (Å²) < 4.78 is 24.2. The summed E-state index contributed by atoms with van der Waals surface area (Å²) in [6, 6.07) is 6.97. The maximum atomic E-state index is 10.9. The van der Waals surface area contributed by atoms with E-state index in [9.17, 15) is 13.5 Å². The average Bonchev–Trinajstić information content (AvgIpc) is 2.37. The molecule has 2 rings (SSSR count). The Bertz CT molecular complexity index is 701. The van der Waals surface area contributed by atoms with Crippen molar-refractivity contribution in [1.29, 1.82) is 0 Å². The highest BCUT2D eigenvalue weighted by molar-refractivity contribution is 7.88. The fourth-order valence-corrected chi connectivity index (χ4v) is 2.37. The van der Waals surface area contributed by atoms with Gasteiger partial charge in [-0.25, -0.2) is 18.1 Å². The summed E-state index contributed by atoms with van der Waals surface area (Å²) in [7, 11) is -3.14. The summed E-state index contributed by atoms with van der Waals surface area (Å²) in [6.45, 7) is 0.964. The van der Waals surface area contributed by atoms with Crippen molar-refractivity contribution in [2.45, 2.75) is 6.42 Å². The number of aromatic hydroxyl groups is 1. The van der Waals surface area contributed by atoms with E-state index < -0.39 is 10.0 Å². The molecule has 2 aromatic rings. The Morgan fingerprint density at radius 3 is 2.80 bits per heavy atom. The van der Waals surface area contributed by atoms with Gasteiger partial charge in [0.25, 0.3) is 0 Å². The molecule has 0 amide bonds. The number of nitrogens with zero attached hydrogens (tertiary/aromatic N) is 1. The molecule has 0 atom stereocenters. The van der Waals surface area contributed by atoms with Crippen LogP contribution in [-0.2, 0) is 10.0 Å². The quantitative estimate of drug-likeness (QED) is 0.699. The third kappa shape index (κ3) is 4.07. The minimum absolute atomic E-state index is 0.187. The van der Waals surface area contributed by atoms with Crippen LogP contribution in [-0.4, -0.2) is 37.9 Å². The smallest absolute Gasteiger partial charge is 0.208 e. The van der Waals surface area contributed by atoms with Gasteiger partial charge in [0.2, 0.25) is 10.0 Å². The number of aromatic nitrogens is 1. The van der Waals surface area contributed by atoms with Crippen molar-refractivity contribution in [2.75, 3.05) is 24.7 Å². The third-order valence-electron chi connectivity index (χ3n) is 2.76. The Morgan fingerprint density at radius 1 is 1.25 bits per heavy atom. The molecule has 1 heterocycles. The molecule has 0 aliphatic rings. The van der Waals surface area contributed by atoms with Crippen molar-refractivity contribution in [3.05, 3.63) is 30.5 Å². The summed E-state index contributed by atoms with van der Waals surface area (Å²) in [5.41, 5.74) is 0. The Kier molecular flexibility index (Phi) is 4.41. The number of fused-ring (bicyclic) bond motifs is 1. The van der Waals surface area contributed by atoms with Crippen molar-refractivity contribution in [2.24, 2.45) is 0 Å². The summed E-state index contributed by atoms with van der Waals surface area (Å²) in [5, 5.41) is 14.5. The first-order chi connectivity index (χ1) is 9.46. The summed E-state index contributed by atoms with van der Waals surface area (Å²) in [4.78, 5) is 4.23. The van der Waals surface area contributed by atoms with E-state index in [4.69, 9.17) is 0 Å². The molecule has 0 spiro atoms. The van der Waals surface area contributed by atoms with Gasteiger partial charge in [0, 0.05) is 24.7 Å². The molecule has 0 aliphatic heterocycles. The number of sulfonamides is 1. The van der Waals surface area contributed by atoms with Gasteiger partial charge in [-0.3, -0.25) is 0 Å². The molecule has 3 N–H and O–H groups in total. The number of pyridine rings is 1. The zero-order valence-corrected chi connectivity index (χ0v) is 11.9. The fourth-order valence-electron chi connectivity index (χ4n) is 1.85. The monoisotopic (exact) mass is 295 g/mol. The second-order valence-corrected chi connectivity index (χ2v) is 6.34. The van der Waals surface area contributed by atoms with Gasteiger partial charge in [0.15, 0.2) is 0 Å². The van der Waals surface area contributed by atoms with Gasteiger partial charge in [-0.15, -0.1) is 0 Å². The van der Waals surface area contributed by atoms with Gasteiger partial charge in [0.1, 0.15) is 11.6 Å². The largest absolute Gasteiger partial charge is 0.508 e. The van der Waals surface area contributed by atoms with Crippen LogP contribution in [0.25, 0.3) is 10.8 Å². The molecule has 0 unspecified atom stereocenters. The lowest BCUT2D eigenvalue weighted by molar-refractivity contribution is 0.476. The highest BCUT2D eigenvalue weighted by atomic mass is 32.2. The molecule has 0 radical (unpaired) electrons. The molecule has 20 heavy (non-hydrogen) atoms. The fraction of sp³-hybridized carbons (Fsp3) is 0.308. The van der Waals surface area contributed by atoms with E-state index in [1.807, 2.05) is 12.1 Å². The Morgan fingerprint density at radius 2 is 2.05 bits per heavy atom. The van der Waals surface area contributed by atoms with Gasteiger partial charge in [-0.1, -0.05) is 6.07 Å². The van der Waals surface area contributed by atoms with Gasteiger partial charge in [0.05, 0.1) is 6.26 Å². The number of phenols is 1. The van der Waals surface area contributed by atoms with Crippen LogP contribution in [0.15, 0.2) is 30.5 Å². The topological polar surface area (TPSA) is 91.3 Å². The Hall–Kier alpha value is -1.86. The zero-order valence-electron chi connectivity index (χ0n) is 11.1. The van der Waals surface area contributed by atoms with Crippen molar-refractivity contribution in [3.8, 4) is 5.75 Å². The van der Waals surface area contributed by atoms with E-state index in [1.165, 1.54) is 0 Å². The lowest BCUT2D eigenvalue weighted by atomic mass is 10.1. The number of nitrogens with one attached hydrogen (secondary N) is 2. The molecule has 0 bridgehead atoms. The Labute approximate surface area is 117 Å². The number of hydrogen-bond donors (Lipinski definition) is 3. The van der Waals surface area contributed by atoms with Gasteiger partial charge < -0.3 is 10.4 Å². The van der Waals surface area contributed by atoms with Crippen LogP contribution in [0.3, 0.4) is 0 Å². The average molecular weight is 295 g/mol.